The molecule has 0 atom stereocenters. The highest BCUT2D eigenvalue weighted by molar-refractivity contribution is 8.00. The number of benzene rings is 1. The van der Waals surface area contributed by atoms with Crippen LogP contribution in [-0.2, 0) is 4.74 Å². The van der Waals surface area contributed by atoms with Gasteiger partial charge < -0.3 is 29.7 Å². The summed E-state index contributed by atoms with van der Waals surface area (Å²) in [6.07, 6.45) is 4.92. The highest BCUT2D eigenvalue weighted by atomic mass is 32.2. The number of amides is 1. The molecule has 2 saturated heterocycles. The summed E-state index contributed by atoms with van der Waals surface area (Å²) in [5.74, 6) is 0.445. The van der Waals surface area contributed by atoms with Crippen molar-refractivity contribution in [3.63, 3.8) is 0 Å². The second-order valence-corrected chi connectivity index (χ2v) is 10.3. The molecule has 5 rings (SSSR count). The number of aromatic nitrogens is 1. The number of halogens is 1. The Balaban J connectivity index is 1.36. The molecule has 1 aromatic heterocycles. The van der Waals surface area contributed by atoms with E-state index in [4.69, 9.17) is 9.84 Å². The van der Waals surface area contributed by atoms with E-state index >= 15 is 0 Å². The first-order chi connectivity index (χ1) is 17.1. The molecule has 3 fully saturated rings. The molecular weight excluding hydrogens is 469 g/mol. The number of aliphatic hydroxyl groups is 1. The van der Waals surface area contributed by atoms with Crippen LogP contribution in [0.15, 0.2) is 30.3 Å². The first-order valence-electron chi connectivity index (χ1n) is 12.3. The van der Waals surface area contributed by atoms with Gasteiger partial charge in [0.25, 0.3) is 5.91 Å². The lowest BCUT2D eigenvalue weighted by molar-refractivity contribution is 0.102. The third-order valence-corrected chi connectivity index (χ3v) is 7.89. The highest BCUT2D eigenvalue weighted by Gasteiger charge is 2.44. The number of morpholine rings is 1. The molecule has 1 aliphatic carbocycles. The Morgan fingerprint density at radius 2 is 1.86 bits per heavy atom. The summed E-state index contributed by atoms with van der Waals surface area (Å²) >= 11 is 1.43. The average molecular weight is 502 g/mol. The minimum Gasteiger partial charge on any atom is -0.395 e. The molecular formula is C25H32FN5O3S. The highest BCUT2D eigenvalue weighted by Crippen LogP contribution is 2.54. The number of piperidine rings is 1. The Morgan fingerprint density at radius 1 is 1.09 bits per heavy atom. The molecule has 10 heteroatoms. The maximum absolute atomic E-state index is 14.5. The van der Waals surface area contributed by atoms with E-state index < -0.39 is 5.82 Å². The standard InChI is InChI=1S/C25H32FN5O3S/c26-20-3-4-22(27-23(20)31-11-14-34-15-12-31)28-24(33)19-2-1-18(29-35-16-13-32)17-21(19)30-9-7-25(5-6-25)8-10-30/h1-4,17,29,32H,5-16H2,(H,27,28,33). The molecule has 3 N–H and O–H groups in total. The number of pyridine rings is 1. The van der Waals surface area contributed by atoms with E-state index in [0.717, 1.165) is 37.3 Å². The second kappa shape index (κ2) is 10.6. The van der Waals surface area contributed by atoms with Gasteiger partial charge in [0, 0.05) is 37.6 Å². The van der Waals surface area contributed by atoms with Crippen LogP contribution >= 0.6 is 11.9 Å². The van der Waals surface area contributed by atoms with Gasteiger partial charge in [0.15, 0.2) is 11.6 Å². The van der Waals surface area contributed by atoms with Gasteiger partial charge in [-0.05, 0) is 61.4 Å². The molecule has 1 amide bonds. The number of carbonyl (C=O) groups excluding carboxylic acids is 1. The van der Waals surface area contributed by atoms with E-state index in [-0.39, 0.29) is 18.3 Å². The van der Waals surface area contributed by atoms with Gasteiger partial charge in [0.1, 0.15) is 5.82 Å². The van der Waals surface area contributed by atoms with Crippen LogP contribution in [0.4, 0.5) is 27.4 Å². The molecule has 0 radical (unpaired) electrons. The van der Waals surface area contributed by atoms with Crippen molar-refractivity contribution in [2.24, 2.45) is 5.41 Å². The van der Waals surface area contributed by atoms with E-state index in [1.807, 2.05) is 23.1 Å². The fourth-order valence-electron chi connectivity index (χ4n) is 4.81. The summed E-state index contributed by atoms with van der Waals surface area (Å²) in [5, 5.41) is 12.0. The van der Waals surface area contributed by atoms with Crippen molar-refractivity contribution in [2.45, 2.75) is 25.7 Å². The van der Waals surface area contributed by atoms with Crippen LogP contribution in [0.5, 0.6) is 0 Å². The van der Waals surface area contributed by atoms with Crippen molar-refractivity contribution in [1.82, 2.24) is 4.98 Å². The molecule has 8 nitrogen and oxygen atoms in total. The summed E-state index contributed by atoms with van der Waals surface area (Å²) in [4.78, 5) is 21.9. The number of rotatable bonds is 8. The third kappa shape index (κ3) is 5.65. The van der Waals surface area contributed by atoms with Crippen molar-refractivity contribution >= 4 is 40.9 Å². The smallest absolute Gasteiger partial charge is 0.258 e. The number of ether oxygens (including phenoxy) is 1. The van der Waals surface area contributed by atoms with E-state index in [1.54, 1.807) is 0 Å². The Labute approximate surface area is 209 Å². The lowest BCUT2D eigenvalue weighted by Gasteiger charge is -2.35. The molecule has 2 aliphatic heterocycles. The van der Waals surface area contributed by atoms with Gasteiger partial charge in [-0.1, -0.05) is 11.9 Å². The maximum atomic E-state index is 14.5. The van der Waals surface area contributed by atoms with Crippen LogP contribution < -0.4 is 19.8 Å². The number of hydrogen-bond acceptors (Lipinski definition) is 8. The van der Waals surface area contributed by atoms with Crippen LogP contribution in [-0.4, -0.2) is 67.8 Å². The largest absolute Gasteiger partial charge is 0.395 e. The molecule has 2 aromatic rings. The molecule has 1 aromatic carbocycles. The number of aliphatic hydroxyl groups excluding tert-OH is 1. The fourth-order valence-corrected chi connectivity index (χ4v) is 5.30. The predicted molar refractivity (Wildman–Crippen MR) is 138 cm³/mol. The van der Waals surface area contributed by atoms with Crippen molar-refractivity contribution < 1.29 is 19.0 Å². The molecule has 3 heterocycles. The van der Waals surface area contributed by atoms with Crippen molar-refractivity contribution in [3.8, 4) is 0 Å². The molecule has 188 valence electrons. The zero-order valence-corrected chi connectivity index (χ0v) is 20.6. The monoisotopic (exact) mass is 501 g/mol. The summed E-state index contributed by atoms with van der Waals surface area (Å²) in [5.41, 5.74) is 2.85. The zero-order valence-electron chi connectivity index (χ0n) is 19.8. The van der Waals surface area contributed by atoms with Gasteiger partial charge in [0.05, 0.1) is 31.1 Å². The summed E-state index contributed by atoms with van der Waals surface area (Å²) in [6.45, 7) is 4.10. The van der Waals surface area contributed by atoms with Crippen molar-refractivity contribution in [2.75, 3.05) is 71.6 Å². The summed E-state index contributed by atoms with van der Waals surface area (Å²) in [7, 11) is 0. The minimum absolute atomic E-state index is 0.0936. The van der Waals surface area contributed by atoms with Crippen LogP contribution in [0, 0.1) is 11.2 Å². The predicted octanol–water partition coefficient (Wildman–Crippen LogP) is 3.74. The van der Waals surface area contributed by atoms with Crippen LogP contribution in [0.1, 0.15) is 36.0 Å². The molecule has 3 aliphatic rings. The van der Waals surface area contributed by atoms with Crippen LogP contribution in [0.25, 0.3) is 0 Å². The Morgan fingerprint density at radius 3 is 2.57 bits per heavy atom. The number of hydrogen-bond donors (Lipinski definition) is 3. The van der Waals surface area contributed by atoms with E-state index in [9.17, 15) is 9.18 Å². The van der Waals surface area contributed by atoms with Gasteiger partial charge in [-0.25, -0.2) is 9.37 Å². The van der Waals surface area contributed by atoms with Crippen molar-refractivity contribution in [1.29, 1.82) is 0 Å². The quantitative estimate of drug-likeness (QED) is 0.372. The van der Waals surface area contributed by atoms with Gasteiger partial charge in [0.2, 0.25) is 0 Å². The number of nitrogens with zero attached hydrogens (tertiary/aromatic N) is 3. The molecule has 35 heavy (non-hydrogen) atoms. The number of anilines is 4. The lowest BCUT2D eigenvalue weighted by Crippen LogP contribution is -2.37. The van der Waals surface area contributed by atoms with Crippen LogP contribution in [0.2, 0.25) is 0 Å². The first-order valence-corrected chi connectivity index (χ1v) is 13.2. The Hall–Kier alpha value is -2.56. The number of carbonyl (C=O) groups is 1. The van der Waals surface area contributed by atoms with Crippen molar-refractivity contribution in [3.05, 3.63) is 41.7 Å². The number of nitrogens with one attached hydrogen (secondary N) is 2. The lowest BCUT2D eigenvalue weighted by atomic mass is 9.93. The maximum Gasteiger partial charge on any atom is 0.258 e. The normalized spacial score (nSPS) is 19.0. The Kier molecular flexibility index (Phi) is 7.31. The zero-order chi connectivity index (χ0) is 24.3. The summed E-state index contributed by atoms with van der Waals surface area (Å²) in [6, 6.07) is 8.53. The SMILES string of the molecule is O=C(Nc1ccc(F)c(N2CCOCC2)n1)c1ccc(NSCCO)cc1N1CCC2(CC1)CC2. The second-order valence-electron chi connectivity index (χ2n) is 9.45. The molecule has 1 saturated carbocycles. The molecule has 1 spiro atoms. The van der Waals surface area contributed by atoms with Gasteiger partial charge in [-0.15, -0.1) is 0 Å². The summed E-state index contributed by atoms with van der Waals surface area (Å²) < 4.78 is 23.1. The van der Waals surface area contributed by atoms with E-state index in [1.165, 1.54) is 36.9 Å². The first kappa shape index (κ1) is 24.1. The average Bonchev–Trinajstić information content (AvgIpc) is 3.65. The third-order valence-electron chi connectivity index (χ3n) is 7.13. The Bertz CT molecular complexity index is 1050. The minimum atomic E-state index is -0.413. The van der Waals surface area contributed by atoms with Crippen LogP contribution in [0.3, 0.4) is 0 Å². The fraction of sp³-hybridized carbons (Fsp3) is 0.520. The molecule has 0 unspecified atom stereocenters. The molecule has 0 bridgehead atoms. The van der Waals surface area contributed by atoms with Gasteiger partial charge in [-0.3, -0.25) is 4.79 Å². The van der Waals surface area contributed by atoms with E-state index in [0.29, 0.717) is 48.9 Å². The van der Waals surface area contributed by atoms with Gasteiger partial charge in [-0.2, -0.15) is 0 Å². The van der Waals surface area contributed by atoms with E-state index in [2.05, 4.69) is 19.9 Å². The van der Waals surface area contributed by atoms with Gasteiger partial charge >= 0.3 is 0 Å². The topological polar surface area (TPSA) is 90.0 Å².